The maximum Gasteiger partial charge on any atom is 0.0900 e. The molecule has 2 nitrogen and oxygen atoms in total. The van der Waals surface area contributed by atoms with Crippen LogP contribution in [0.4, 0.5) is 0 Å². The van der Waals surface area contributed by atoms with Crippen molar-refractivity contribution in [3.63, 3.8) is 0 Å². The van der Waals surface area contributed by atoms with E-state index >= 15 is 0 Å². The number of thiophene rings is 1. The lowest BCUT2D eigenvalue weighted by atomic mass is 10.2. The molecule has 86 valence electrons. The molecular weight excluding hydrogens is 236 g/mol. The second kappa shape index (κ2) is 5.57. The summed E-state index contributed by atoms with van der Waals surface area (Å²) in [7, 11) is 0. The van der Waals surface area contributed by atoms with Crippen LogP contribution in [0.3, 0.4) is 0 Å². The van der Waals surface area contributed by atoms with Gasteiger partial charge in [0.05, 0.1) is 10.7 Å². The molecule has 2 rings (SSSR count). The molecule has 16 heavy (non-hydrogen) atoms. The highest BCUT2D eigenvalue weighted by molar-refractivity contribution is 7.11. The molecule has 0 aliphatic carbocycles. The number of hydrogen-bond acceptors (Lipinski definition) is 4. The van der Waals surface area contributed by atoms with Gasteiger partial charge in [0.1, 0.15) is 0 Å². The Bertz CT molecular complexity index is 432. The number of aryl methyl sites for hydroxylation is 2. The van der Waals surface area contributed by atoms with E-state index in [9.17, 15) is 0 Å². The zero-order chi connectivity index (χ0) is 11.4. The minimum absolute atomic E-state index is 0.946. The third kappa shape index (κ3) is 3.14. The number of nitrogens with zero attached hydrogens (tertiary/aromatic N) is 1. The molecular formula is C12H16N2S2. The number of aromatic nitrogens is 1. The zero-order valence-electron chi connectivity index (χ0n) is 9.62. The Morgan fingerprint density at radius 1 is 1.38 bits per heavy atom. The molecule has 0 aliphatic heterocycles. The van der Waals surface area contributed by atoms with E-state index in [-0.39, 0.29) is 0 Å². The third-order valence-electron chi connectivity index (χ3n) is 2.46. The topological polar surface area (TPSA) is 24.9 Å². The van der Waals surface area contributed by atoms with Gasteiger partial charge in [-0.05, 0) is 49.2 Å². The van der Waals surface area contributed by atoms with Crippen molar-refractivity contribution < 1.29 is 0 Å². The van der Waals surface area contributed by atoms with Crippen molar-refractivity contribution in [1.29, 1.82) is 0 Å². The second-order valence-electron chi connectivity index (χ2n) is 3.80. The van der Waals surface area contributed by atoms with Crippen LogP contribution in [0, 0.1) is 13.8 Å². The fourth-order valence-corrected chi connectivity index (χ4v) is 3.22. The molecule has 0 bridgehead atoms. The lowest BCUT2D eigenvalue weighted by Crippen LogP contribution is -2.16. The summed E-state index contributed by atoms with van der Waals surface area (Å²) in [4.78, 5) is 5.78. The van der Waals surface area contributed by atoms with Gasteiger partial charge in [-0.3, -0.25) is 0 Å². The molecule has 0 aliphatic rings. The molecule has 4 heteroatoms. The van der Waals surface area contributed by atoms with Crippen molar-refractivity contribution in [3.05, 3.63) is 38.0 Å². The Morgan fingerprint density at radius 2 is 2.25 bits per heavy atom. The molecule has 0 radical (unpaired) electrons. The first-order chi connectivity index (χ1) is 7.75. The summed E-state index contributed by atoms with van der Waals surface area (Å²) in [6.07, 6.45) is 1.11. The summed E-state index contributed by atoms with van der Waals surface area (Å²) < 4.78 is 0. The highest BCUT2D eigenvalue weighted by atomic mass is 32.1. The van der Waals surface area contributed by atoms with Gasteiger partial charge in [-0.1, -0.05) is 0 Å². The molecule has 2 aromatic rings. The van der Waals surface area contributed by atoms with Gasteiger partial charge in [-0.25, -0.2) is 4.98 Å². The van der Waals surface area contributed by atoms with Crippen LogP contribution in [-0.2, 0) is 13.0 Å². The molecule has 0 fully saturated rings. The summed E-state index contributed by atoms with van der Waals surface area (Å²) in [5.41, 5.74) is 2.60. The molecule has 1 N–H and O–H groups in total. The smallest absolute Gasteiger partial charge is 0.0900 e. The summed E-state index contributed by atoms with van der Waals surface area (Å²) in [6, 6.07) is 2.19. The Balaban J connectivity index is 1.74. The lowest BCUT2D eigenvalue weighted by molar-refractivity contribution is 0.691. The SMILES string of the molecule is Cc1nc(C)c(CNCCc2ccsc2)s1. The molecule has 2 heterocycles. The standard InChI is InChI=1S/C12H16N2S2/c1-9-12(16-10(2)14-9)7-13-5-3-11-4-6-15-8-11/h4,6,8,13H,3,5,7H2,1-2H3. The van der Waals surface area contributed by atoms with Crippen molar-refractivity contribution in [2.45, 2.75) is 26.8 Å². The van der Waals surface area contributed by atoms with E-state index < -0.39 is 0 Å². The summed E-state index contributed by atoms with van der Waals surface area (Å²) in [5, 5.41) is 8.97. The molecule has 0 unspecified atom stereocenters. The number of hydrogen-bond donors (Lipinski definition) is 1. The first-order valence-corrected chi connectivity index (χ1v) is 7.16. The Hall–Kier alpha value is -0.710. The number of thiazole rings is 1. The Labute approximate surface area is 104 Å². The van der Waals surface area contributed by atoms with Gasteiger partial charge in [-0.15, -0.1) is 11.3 Å². The van der Waals surface area contributed by atoms with Gasteiger partial charge < -0.3 is 5.32 Å². The van der Waals surface area contributed by atoms with E-state index in [2.05, 4.69) is 41.0 Å². The van der Waals surface area contributed by atoms with Crippen LogP contribution in [0.5, 0.6) is 0 Å². The van der Waals surface area contributed by atoms with Gasteiger partial charge in [0.15, 0.2) is 0 Å². The normalized spacial score (nSPS) is 10.9. The van der Waals surface area contributed by atoms with E-state index in [0.717, 1.165) is 24.5 Å². The second-order valence-corrected chi connectivity index (χ2v) is 5.87. The van der Waals surface area contributed by atoms with Gasteiger partial charge in [0.2, 0.25) is 0 Å². The maximum absolute atomic E-state index is 4.42. The van der Waals surface area contributed by atoms with Crippen LogP contribution in [0.25, 0.3) is 0 Å². The molecule has 0 saturated carbocycles. The largest absolute Gasteiger partial charge is 0.311 e. The number of rotatable bonds is 5. The van der Waals surface area contributed by atoms with Crippen molar-refractivity contribution in [2.24, 2.45) is 0 Å². The minimum atomic E-state index is 0.946. The van der Waals surface area contributed by atoms with Crippen molar-refractivity contribution >= 4 is 22.7 Å². The van der Waals surface area contributed by atoms with Crippen LogP contribution in [0.1, 0.15) is 21.1 Å². The fraction of sp³-hybridized carbons (Fsp3) is 0.417. The highest BCUT2D eigenvalue weighted by Gasteiger charge is 2.03. The van der Waals surface area contributed by atoms with Crippen molar-refractivity contribution in [3.8, 4) is 0 Å². The van der Waals surface area contributed by atoms with Gasteiger partial charge >= 0.3 is 0 Å². The lowest BCUT2D eigenvalue weighted by Gasteiger charge is -2.02. The molecule has 2 aromatic heterocycles. The number of nitrogens with one attached hydrogen (secondary N) is 1. The molecule has 0 amide bonds. The zero-order valence-corrected chi connectivity index (χ0v) is 11.3. The maximum atomic E-state index is 4.42. The van der Waals surface area contributed by atoms with Crippen molar-refractivity contribution in [2.75, 3.05) is 6.54 Å². The first-order valence-electron chi connectivity index (χ1n) is 5.40. The van der Waals surface area contributed by atoms with E-state index in [4.69, 9.17) is 0 Å². The van der Waals surface area contributed by atoms with Crippen LogP contribution >= 0.6 is 22.7 Å². The van der Waals surface area contributed by atoms with E-state index in [1.165, 1.54) is 16.1 Å². The van der Waals surface area contributed by atoms with Gasteiger partial charge in [0, 0.05) is 11.4 Å². The fourth-order valence-electron chi connectivity index (χ4n) is 1.61. The summed E-state index contributed by atoms with van der Waals surface area (Å²) >= 11 is 3.55. The molecule has 0 saturated heterocycles. The van der Waals surface area contributed by atoms with Crippen molar-refractivity contribution in [1.82, 2.24) is 10.3 Å². The third-order valence-corrected chi connectivity index (χ3v) is 4.26. The van der Waals surface area contributed by atoms with E-state index in [1.54, 1.807) is 22.7 Å². The quantitative estimate of drug-likeness (QED) is 0.827. The van der Waals surface area contributed by atoms with Crippen LogP contribution < -0.4 is 5.32 Å². The Kier molecular flexibility index (Phi) is 4.09. The molecule has 0 aromatic carbocycles. The predicted molar refractivity (Wildman–Crippen MR) is 71.3 cm³/mol. The van der Waals surface area contributed by atoms with E-state index in [0.29, 0.717) is 0 Å². The monoisotopic (exact) mass is 252 g/mol. The average molecular weight is 252 g/mol. The summed E-state index contributed by atoms with van der Waals surface area (Å²) in [6.45, 7) is 6.13. The first kappa shape index (κ1) is 11.8. The summed E-state index contributed by atoms with van der Waals surface area (Å²) in [5.74, 6) is 0. The van der Waals surface area contributed by atoms with Crippen LogP contribution in [0.2, 0.25) is 0 Å². The van der Waals surface area contributed by atoms with E-state index in [1.807, 2.05) is 0 Å². The predicted octanol–water partition coefficient (Wildman–Crippen LogP) is 3.15. The molecule has 0 atom stereocenters. The van der Waals surface area contributed by atoms with Gasteiger partial charge in [0.25, 0.3) is 0 Å². The average Bonchev–Trinajstić information content (AvgIpc) is 2.84. The minimum Gasteiger partial charge on any atom is -0.311 e. The molecule has 0 spiro atoms. The van der Waals surface area contributed by atoms with Crippen LogP contribution in [-0.4, -0.2) is 11.5 Å². The van der Waals surface area contributed by atoms with Gasteiger partial charge in [-0.2, -0.15) is 11.3 Å². The highest BCUT2D eigenvalue weighted by Crippen LogP contribution is 2.16. The Morgan fingerprint density at radius 3 is 2.88 bits per heavy atom. The van der Waals surface area contributed by atoms with Crippen LogP contribution in [0.15, 0.2) is 16.8 Å².